The van der Waals surface area contributed by atoms with Crippen molar-refractivity contribution in [3.8, 4) is 5.82 Å². The van der Waals surface area contributed by atoms with Crippen molar-refractivity contribution in [2.24, 2.45) is 5.73 Å². The molecule has 12 heteroatoms. The number of amides is 2. The highest BCUT2D eigenvalue weighted by Crippen LogP contribution is 2.20. The Balaban J connectivity index is 1.46. The van der Waals surface area contributed by atoms with E-state index >= 15 is 0 Å². The maximum atomic E-state index is 13.1. The van der Waals surface area contributed by atoms with Gasteiger partial charge in [0, 0.05) is 38.6 Å². The molecule has 1 aliphatic rings. The lowest BCUT2D eigenvalue weighted by Crippen LogP contribution is -2.43. The van der Waals surface area contributed by atoms with Gasteiger partial charge in [0.25, 0.3) is 11.8 Å². The second-order valence-electron chi connectivity index (χ2n) is 7.19. The number of nitrogens with two attached hydrogens (primary N) is 1. The normalized spacial score (nSPS) is 13.9. The Hall–Kier alpha value is -4.32. The molecule has 4 N–H and O–H groups in total. The van der Waals surface area contributed by atoms with Crippen molar-refractivity contribution in [2.45, 2.75) is 0 Å². The summed E-state index contributed by atoms with van der Waals surface area (Å²) in [6, 6.07) is 7.13. The molecular formula is C20H20N10O2. The van der Waals surface area contributed by atoms with Crippen LogP contribution < -0.4 is 21.3 Å². The minimum atomic E-state index is -0.769. The summed E-state index contributed by atoms with van der Waals surface area (Å²) in [5.41, 5.74) is 6.25. The largest absolute Gasteiger partial charge is 0.364 e. The van der Waals surface area contributed by atoms with Crippen LogP contribution in [0.25, 0.3) is 11.5 Å². The first-order valence-electron chi connectivity index (χ1n) is 10.0. The van der Waals surface area contributed by atoms with Gasteiger partial charge in [0.05, 0.1) is 18.1 Å². The molecule has 5 rings (SSSR count). The smallest absolute Gasteiger partial charge is 0.271 e. The standard InChI is InChI=1S/C20H20N10O2/c21-18(31)17-14(12-30(27-17)15-3-1-2-5-23-15)25-20(32)13-11-24-29-8-4-16(26-19(13)29)28-9-6-22-7-10-28/h1-5,8,11-12,22H,6-7,9-10H2,(H2,21,31)(H,25,32). The molecule has 0 unspecified atom stereocenters. The number of anilines is 2. The van der Waals surface area contributed by atoms with Gasteiger partial charge >= 0.3 is 0 Å². The second-order valence-corrected chi connectivity index (χ2v) is 7.19. The molecule has 5 heterocycles. The Labute approximate surface area is 182 Å². The van der Waals surface area contributed by atoms with Crippen LogP contribution in [0, 0.1) is 0 Å². The van der Waals surface area contributed by atoms with E-state index in [1.807, 2.05) is 6.07 Å². The molecule has 4 aromatic heterocycles. The van der Waals surface area contributed by atoms with Crippen LogP contribution >= 0.6 is 0 Å². The third-order valence-corrected chi connectivity index (χ3v) is 5.12. The lowest BCUT2D eigenvalue weighted by Gasteiger charge is -2.28. The number of piperazine rings is 1. The number of carbonyl (C=O) groups is 2. The number of nitrogens with zero attached hydrogens (tertiary/aromatic N) is 7. The van der Waals surface area contributed by atoms with Gasteiger partial charge < -0.3 is 21.3 Å². The molecule has 1 fully saturated rings. The number of carbonyl (C=O) groups excluding carboxylic acids is 2. The van der Waals surface area contributed by atoms with Gasteiger partial charge in [-0.05, 0) is 18.2 Å². The fraction of sp³-hybridized carbons (Fsp3) is 0.200. The maximum Gasteiger partial charge on any atom is 0.271 e. The number of pyridine rings is 1. The van der Waals surface area contributed by atoms with Crippen molar-refractivity contribution in [1.29, 1.82) is 0 Å². The van der Waals surface area contributed by atoms with Crippen molar-refractivity contribution in [2.75, 3.05) is 36.4 Å². The summed E-state index contributed by atoms with van der Waals surface area (Å²) in [4.78, 5) is 35.9. The van der Waals surface area contributed by atoms with Gasteiger partial charge in [0.15, 0.2) is 17.2 Å². The van der Waals surface area contributed by atoms with E-state index in [2.05, 4.69) is 35.7 Å². The van der Waals surface area contributed by atoms with Crippen molar-refractivity contribution in [3.05, 3.63) is 60.3 Å². The Kier molecular flexibility index (Phi) is 4.95. The van der Waals surface area contributed by atoms with Crippen LogP contribution in [-0.4, -0.2) is 67.4 Å². The van der Waals surface area contributed by atoms with E-state index < -0.39 is 11.8 Å². The number of hydrogen-bond donors (Lipinski definition) is 3. The first-order chi connectivity index (χ1) is 15.6. The highest BCUT2D eigenvalue weighted by molar-refractivity contribution is 6.10. The van der Waals surface area contributed by atoms with E-state index in [-0.39, 0.29) is 16.9 Å². The number of primary amides is 1. The summed E-state index contributed by atoms with van der Waals surface area (Å²) in [6.45, 7) is 3.40. The lowest BCUT2D eigenvalue weighted by molar-refractivity contribution is 0.0996. The van der Waals surface area contributed by atoms with Crippen LogP contribution in [0.4, 0.5) is 11.5 Å². The molecule has 32 heavy (non-hydrogen) atoms. The van der Waals surface area contributed by atoms with E-state index in [1.165, 1.54) is 21.6 Å². The van der Waals surface area contributed by atoms with E-state index in [0.717, 1.165) is 32.0 Å². The molecule has 12 nitrogen and oxygen atoms in total. The fourth-order valence-corrected chi connectivity index (χ4v) is 3.53. The monoisotopic (exact) mass is 432 g/mol. The molecule has 0 aromatic carbocycles. The third kappa shape index (κ3) is 3.63. The van der Waals surface area contributed by atoms with Gasteiger partial charge in [-0.3, -0.25) is 9.59 Å². The molecule has 0 bridgehead atoms. The molecule has 1 saturated heterocycles. The van der Waals surface area contributed by atoms with Crippen molar-refractivity contribution in [3.63, 3.8) is 0 Å². The first kappa shape index (κ1) is 19.6. The Morgan fingerprint density at radius 2 is 1.97 bits per heavy atom. The third-order valence-electron chi connectivity index (χ3n) is 5.12. The van der Waals surface area contributed by atoms with Crippen LogP contribution in [0.3, 0.4) is 0 Å². The van der Waals surface area contributed by atoms with Gasteiger partial charge in [-0.15, -0.1) is 0 Å². The van der Waals surface area contributed by atoms with E-state index in [4.69, 9.17) is 5.73 Å². The summed E-state index contributed by atoms with van der Waals surface area (Å²) in [6.07, 6.45) is 6.29. The predicted molar refractivity (Wildman–Crippen MR) is 116 cm³/mol. The Morgan fingerprint density at radius 1 is 1.12 bits per heavy atom. The number of fused-ring (bicyclic) bond motifs is 1. The SMILES string of the molecule is NC(=O)c1nn(-c2ccccn2)cc1NC(=O)c1cnn2ccc(N3CCNCC3)nc12. The van der Waals surface area contributed by atoms with Crippen molar-refractivity contribution < 1.29 is 9.59 Å². The van der Waals surface area contributed by atoms with Gasteiger partial charge in [-0.1, -0.05) is 6.07 Å². The molecule has 2 amide bonds. The number of nitrogens with one attached hydrogen (secondary N) is 2. The first-order valence-corrected chi connectivity index (χ1v) is 10.0. The molecule has 0 atom stereocenters. The number of hydrogen-bond acceptors (Lipinski definition) is 8. The predicted octanol–water partition coefficient (Wildman–Crippen LogP) is 0.0708. The molecule has 4 aromatic rings. The zero-order valence-corrected chi connectivity index (χ0v) is 17.0. The number of aromatic nitrogens is 6. The van der Waals surface area contributed by atoms with Gasteiger partial charge in [0.2, 0.25) is 0 Å². The molecule has 0 aliphatic carbocycles. The molecular weight excluding hydrogens is 412 g/mol. The Bertz CT molecular complexity index is 1290. The van der Waals surface area contributed by atoms with Crippen molar-refractivity contribution >= 4 is 29.0 Å². The zero-order chi connectivity index (χ0) is 22.1. The van der Waals surface area contributed by atoms with Crippen LogP contribution in [0.1, 0.15) is 20.8 Å². The molecule has 0 radical (unpaired) electrons. The molecule has 0 spiro atoms. The van der Waals surface area contributed by atoms with Crippen LogP contribution in [0.2, 0.25) is 0 Å². The Morgan fingerprint density at radius 3 is 2.72 bits per heavy atom. The van der Waals surface area contributed by atoms with Gasteiger partial charge in [-0.25, -0.2) is 19.2 Å². The van der Waals surface area contributed by atoms with E-state index in [0.29, 0.717) is 11.5 Å². The molecule has 162 valence electrons. The van der Waals surface area contributed by atoms with Crippen molar-refractivity contribution in [1.82, 2.24) is 34.7 Å². The van der Waals surface area contributed by atoms with Gasteiger partial charge in [-0.2, -0.15) is 10.2 Å². The minimum Gasteiger partial charge on any atom is -0.364 e. The van der Waals surface area contributed by atoms with E-state index in [1.54, 1.807) is 30.6 Å². The molecule has 0 saturated carbocycles. The summed E-state index contributed by atoms with van der Waals surface area (Å²) < 4.78 is 2.92. The van der Waals surface area contributed by atoms with Crippen LogP contribution in [0.5, 0.6) is 0 Å². The summed E-state index contributed by atoms with van der Waals surface area (Å²) in [5, 5.41) is 14.4. The topological polar surface area (TPSA) is 148 Å². The lowest BCUT2D eigenvalue weighted by atomic mass is 10.3. The highest BCUT2D eigenvalue weighted by atomic mass is 16.2. The van der Waals surface area contributed by atoms with Gasteiger partial charge in [0.1, 0.15) is 11.4 Å². The average molecular weight is 432 g/mol. The quantitative estimate of drug-likeness (QED) is 0.401. The van der Waals surface area contributed by atoms with E-state index in [9.17, 15) is 9.59 Å². The summed E-state index contributed by atoms with van der Waals surface area (Å²) in [5.74, 6) is 0.00477. The number of rotatable bonds is 5. The van der Waals surface area contributed by atoms with Crippen LogP contribution in [0.15, 0.2) is 49.1 Å². The fourth-order valence-electron chi connectivity index (χ4n) is 3.53. The average Bonchev–Trinajstić information content (AvgIpc) is 3.44. The zero-order valence-electron chi connectivity index (χ0n) is 17.0. The summed E-state index contributed by atoms with van der Waals surface area (Å²) >= 11 is 0. The molecule has 1 aliphatic heterocycles. The summed E-state index contributed by atoms with van der Waals surface area (Å²) in [7, 11) is 0. The second kappa shape index (κ2) is 8.07. The maximum absolute atomic E-state index is 13.1. The van der Waals surface area contributed by atoms with Crippen LogP contribution in [-0.2, 0) is 0 Å². The minimum absolute atomic E-state index is 0.0741. The highest BCUT2D eigenvalue weighted by Gasteiger charge is 2.21.